The number of likely N-dealkylation sites (tertiary alicyclic amines) is 1. The monoisotopic (exact) mass is 626 g/mol. The van der Waals surface area contributed by atoms with Crippen LogP contribution in [-0.4, -0.2) is 103 Å². The van der Waals surface area contributed by atoms with E-state index >= 15 is 4.79 Å². The number of likely N-dealkylation sites (N-methyl/N-ethyl adjacent to an activating group) is 1. The van der Waals surface area contributed by atoms with E-state index in [1.807, 2.05) is 68.4 Å². The zero-order valence-corrected chi connectivity index (χ0v) is 26.7. The first kappa shape index (κ1) is 31.6. The number of benzene rings is 2. The molecule has 3 fully saturated rings. The molecule has 7 atom stereocenters. The summed E-state index contributed by atoms with van der Waals surface area (Å²) in [4.78, 5) is 48.6. The summed E-state index contributed by atoms with van der Waals surface area (Å²) in [5.41, 5.74) is 0.128. The largest absolute Gasteiger partial charge is 0.394 e. The van der Waals surface area contributed by atoms with E-state index in [0.29, 0.717) is 24.9 Å². The summed E-state index contributed by atoms with van der Waals surface area (Å²) in [6.45, 7) is 11.8. The summed E-state index contributed by atoms with van der Waals surface area (Å²) in [5, 5.41) is 19.4. The molecule has 6 rings (SSSR count). The second kappa shape index (κ2) is 12.1. The second-order valence-corrected chi connectivity index (χ2v) is 13.1. The number of rotatable bonds is 12. The van der Waals surface area contributed by atoms with Crippen molar-refractivity contribution >= 4 is 28.8 Å². The Morgan fingerprint density at radius 3 is 2.50 bits per heavy atom. The third kappa shape index (κ3) is 4.84. The van der Waals surface area contributed by atoms with Crippen molar-refractivity contribution in [3.8, 4) is 0 Å². The van der Waals surface area contributed by atoms with E-state index < -0.39 is 35.1 Å². The number of fused-ring (bicyclic) bond motifs is 2. The molecule has 3 aliphatic heterocycles. The average molecular weight is 627 g/mol. The topological polar surface area (TPSA) is 121 Å². The zero-order valence-electron chi connectivity index (χ0n) is 26.7. The number of ether oxygens (including phenoxy) is 1. The molecule has 0 aliphatic carbocycles. The van der Waals surface area contributed by atoms with Crippen LogP contribution in [0.2, 0.25) is 0 Å². The van der Waals surface area contributed by atoms with Gasteiger partial charge < -0.3 is 24.5 Å². The molecule has 2 bridgehead atoms. The highest BCUT2D eigenvalue weighted by molar-refractivity contribution is 5.99. The Balaban J connectivity index is 1.46. The molecule has 2 aromatic carbocycles. The number of hydrogen-bond acceptors (Lipinski definition) is 7. The van der Waals surface area contributed by atoms with Crippen LogP contribution in [0.3, 0.4) is 0 Å². The molecule has 242 valence electrons. The van der Waals surface area contributed by atoms with Crippen molar-refractivity contribution in [2.24, 2.45) is 17.8 Å². The van der Waals surface area contributed by atoms with Gasteiger partial charge in [0.25, 0.3) is 0 Å². The number of aliphatic hydroxyl groups is 1. The Morgan fingerprint density at radius 2 is 1.80 bits per heavy atom. The third-order valence-electron chi connectivity index (χ3n) is 10.3. The first-order valence-corrected chi connectivity index (χ1v) is 15.8. The van der Waals surface area contributed by atoms with Crippen molar-refractivity contribution in [1.29, 1.82) is 0 Å². The number of para-hydroxylation sites is 1. The van der Waals surface area contributed by atoms with Crippen molar-refractivity contribution in [3.63, 3.8) is 0 Å². The van der Waals surface area contributed by atoms with Crippen LogP contribution in [0.5, 0.6) is 0 Å². The minimum Gasteiger partial charge on any atom is -0.394 e. The first-order chi connectivity index (χ1) is 22.1. The van der Waals surface area contributed by atoms with Gasteiger partial charge in [0, 0.05) is 20.1 Å². The fourth-order valence-corrected chi connectivity index (χ4v) is 8.11. The summed E-state index contributed by atoms with van der Waals surface area (Å²) in [6.07, 6.45) is 4.02. The molecular weight excluding hydrogens is 584 g/mol. The molecule has 0 saturated carbocycles. The molecule has 1 N–H and O–H groups in total. The molecule has 3 saturated heterocycles. The van der Waals surface area contributed by atoms with Crippen molar-refractivity contribution in [2.75, 3.05) is 26.7 Å². The van der Waals surface area contributed by atoms with E-state index in [1.165, 1.54) is 4.90 Å². The van der Waals surface area contributed by atoms with Gasteiger partial charge in [0.1, 0.15) is 23.8 Å². The molecule has 4 heterocycles. The molecule has 11 heteroatoms. The van der Waals surface area contributed by atoms with Gasteiger partial charge in [-0.15, -0.1) is 18.3 Å². The van der Waals surface area contributed by atoms with Crippen LogP contribution in [-0.2, 0) is 32.2 Å². The van der Waals surface area contributed by atoms with Gasteiger partial charge in [-0.3, -0.25) is 14.4 Å². The van der Waals surface area contributed by atoms with Gasteiger partial charge in [0.05, 0.1) is 35.6 Å². The zero-order chi connectivity index (χ0) is 32.8. The predicted molar refractivity (Wildman–Crippen MR) is 172 cm³/mol. The maximum Gasteiger partial charge on any atom is 0.250 e. The lowest BCUT2D eigenvalue weighted by atomic mass is 9.62. The van der Waals surface area contributed by atoms with Crippen LogP contribution < -0.4 is 0 Å². The summed E-state index contributed by atoms with van der Waals surface area (Å²) < 4.78 is 8.58. The highest BCUT2D eigenvalue weighted by Crippen LogP contribution is 2.65. The van der Waals surface area contributed by atoms with Crippen LogP contribution in [0.25, 0.3) is 11.0 Å². The van der Waals surface area contributed by atoms with Crippen molar-refractivity contribution in [1.82, 2.24) is 29.7 Å². The van der Waals surface area contributed by atoms with Gasteiger partial charge in [-0.05, 0) is 43.4 Å². The second-order valence-electron chi connectivity index (χ2n) is 13.1. The molecule has 3 unspecified atom stereocenters. The van der Waals surface area contributed by atoms with Crippen LogP contribution in [0.15, 0.2) is 79.9 Å². The van der Waals surface area contributed by atoms with Gasteiger partial charge in [0.2, 0.25) is 17.7 Å². The maximum absolute atomic E-state index is 15.0. The van der Waals surface area contributed by atoms with E-state index in [-0.39, 0.29) is 43.5 Å². The highest BCUT2D eigenvalue weighted by Gasteiger charge is 2.80. The van der Waals surface area contributed by atoms with E-state index in [1.54, 1.807) is 33.7 Å². The minimum atomic E-state index is -1.27. The lowest BCUT2D eigenvalue weighted by molar-refractivity contribution is -0.158. The van der Waals surface area contributed by atoms with Gasteiger partial charge >= 0.3 is 0 Å². The summed E-state index contributed by atoms with van der Waals surface area (Å²) in [6, 6.07) is 15.2. The molecule has 1 spiro atoms. The molecule has 3 amide bonds. The average Bonchev–Trinajstić information content (AvgIpc) is 3.73. The normalized spacial score (nSPS) is 28.7. The molecule has 46 heavy (non-hydrogen) atoms. The van der Waals surface area contributed by atoms with Crippen LogP contribution in [0.4, 0.5) is 0 Å². The number of carbonyl (C=O) groups is 3. The Labute approximate surface area is 269 Å². The molecule has 0 radical (unpaired) electrons. The van der Waals surface area contributed by atoms with Gasteiger partial charge in [-0.2, -0.15) is 0 Å². The quantitative estimate of drug-likeness (QED) is 0.307. The highest BCUT2D eigenvalue weighted by atomic mass is 16.5. The smallest absolute Gasteiger partial charge is 0.250 e. The van der Waals surface area contributed by atoms with Crippen molar-refractivity contribution < 1.29 is 24.2 Å². The fourth-order valence-electron chi connectivity index (χ4n) is 8.11. The molecule has 11 nitrogen and oxygen atoms in total. The van der Waals surface area contributed by atoms with E-state index in [0.717, 1.165) is 11.1 Å². The summed E-state index contributed by atoms with van der Waals surface area (Å²) in [5.74, 6) is -2.75. The van der Waals surface area contributed by atoms with E-state index in [2.05, 4.69) is 23.5 Å². The van der Waals surface area contributed by atoms with E-state index in [4.69, 9.17) is 4.74 Å². The van der Waals surface area contributed by atoms with E-state index in [9.17, 15) is 14.7 Å². The number of carbonyl (C=O) groups excluding carboxylic acids is 3. The van der Waals surface area contributed by atoms with Crippen LogP contribution >= 0.6 is 0 Å². The van der Waals surface area contributed by atoms with Crippen LogP contribution in [0, 0.1) is 17.8 Å². The van der Waals surface area contributed by atoms with Crippen LogP contribution in [0.1, 0.15) is 25.8 Å². The summed E-state index contributed by atoms with van der Waals surface area (Å²) in [7, 11) is 1.69. The Bertz CT molecular complexity index is 1660. The number of amides is 3. The molecule has 3 aromatic rings. The molecular formula is C35H42N6O5. The van der Waals surface area contributed by atoms with Gasteiger partial charge in [0.15, 0.2) is 0 Å². The standard InChI is InChI=1S/C35H42N6O5/c1-6-17-38(5)31(43)28-29-32(44)41(25(21-42)19-24-13-9-8-10-14-24)30(35(29)20-23(3)34(28,4)46-35)33(45)39(18-7-2)22-40-27-16-12-11-15-26(27)36-37-40/h6-16,23,25,28-30,42H,1-2,17-22H2,3-5H3/t23?,25-,28+,29+,30?,34-,35?/m1/s1. The number of nitrogens with zero attached hydrogens (tertiary/aromatic N) is 6. The van der Waals surface area contributed by atoms with Crippen molar-refractivity contribution in [3.05, 3.63) is 85.5 Å². The predicted octanol–water partition coefficient (Wildman–Crippen LogP) is 2.66. The lowest BCUT2D eigenvalue weighted by Crippen LogP contribution is -2.59. The lowest BCUT2D eigenvalue weighted by Gasteiger charge is -2.39. The fraction of sp³-hybridized carbons (Fsp3) is 0.457. The van der Waals surface area contributed by atoms with Gasteiger partial charge in [-0.1, -0.05) is 66.8 Å². The Hall–Kier alpha value is -4.35. The summed E-state index contributed by atoms with van der Waals surface area (Å²) >= 11 is 0. The third-order valence-corrected chi connectivity index (χ3v) is 10.3. The minimum absolute atomic E-state index is 0.0599. The van der Waals surface area contributed by atoms with Crippen molar-refractivity contribution in [2.45, 2.75) is 56.6 Å². The first-order valence-electron chi connectivity index (χ1n) is 15.8. The number of hydrogen-bond donors (Lipinski definition) is 1. The maximum atomic E-state index is 15.0. The number of aliphatic hydroxyl groups excluding tert-OH is 1. The molecule has 3 aliphatic rings. The number of aromatic nitrogens is 3. The Kier molecular flexibility index (Phi) is 8.32. The Morgan fingerprint density at radius 1 is 1.11 bits per heavy atom. The molecule has 1 aromatic heterocycles. The SMILES string of the molecule is C=CCN(C)C(=O)[C@@H]1[C@H]2C(=O)N([C@@H](CO)Cc3ccccc3)C(C(=O)N(CC=C)Cn3nnc4ccccc43)C23CC(C)[C@@]1(C)O3. The van der Waals surface area contributed by atoms with Gasteiger partial charge in [-0.25, -0.2) is 4.68 Å².